The fourth-order valence-electron chi connectivity index (χ4n) is 2.02. The second-order valence-electron chi connectivity index (χ2n) is 6.36. The van der Waals surface area contributed by atoms with Gasteiger partial charge >= 0.3 is 23.9 Å². The minimum absolute atomic E-state index is 0.0137. The molecule has 8 nitrogen and oxygen atoms in total. The largest absolute Gasteiger partial charge is 0.462 e. The third kappa shape index (κ3) is 8.72. The van der Waals surface area contributed by atoms with Crippen LogP contribution >= 0.6 is 0 Å². The molecule has 0 saturated heterocycles. The molecule has 0 spiro atoms. The summed E-state index contributed by atoms with van der Waals surface area (Å²) in [5.74, 6) is -2.40. The van der Waals surface area contributed by atoms with Crippen LogP contribution in [0.5, 0.6) is 0 Å². The first-order valence-electron chi connectivity index (χ1n) is 9.32. The van der Waals surface area contributed by atoms with Gasteiger partial charge in [0.25, 0.3) is 0 Å². The topological polar surface area (TPSA) is 105 Å². The van der Waals surface area contributed by atoms with Crippen LogP contribution in [0.4, 0.5) is 0 Å². The van der Waals surface area contributed by atoms with Crippen molar-refractivity contribution in [3.05, 3.63) is 59.7 Å². The molecule has 0 atom stereocenters. The van der Waals surface area contributed by atoms with Crippen LogP contribution in [-0.2, 0) is 28.5 Å². The summed E-state index contributed by atoms with van der Waals surface area (Å²) in [4.78, 5) is 47.1. The molecule has 0 aliphatic heterocycles. The molecule has 0 aromatic heterocycles. The molecule has 0 amide bonds. The van der Waals surface area contributed by atoms with E-state index in [1.807, 2.05) is 0 Å². The lowest BCUT2D eigenvalue weighted by molar-refractivity contribution is -0.140. The van der Waals surface area contributed by atoms with E-state index in [0.29, 0.717) is 12.8 Å². The van der Waals surface area contributed by atoms with E-state index in [-0.39, 0.29) is 48.7 Å². The van der Waals surface area contributed by atoms with Crippen molar-refractivity contribution in [1.82, 2.24) is 0 Å². The fraction of sp³-hybridized carbons (Fsp3) is 0.364. The molecule has 162 valence electrons. The second-order valence-corrected chi connectivity index (χ2v) is 6.36. The standard InChI is InChI=1S/C22H26O8/c1-15(2)19(23)27-11-7-13-29-21(25)17-9-5-6-10-18(17)22(26)30-14-8-12-28-20(24)16(3)4/h5-6,9-10H,1,3,7-8,11-14H2,2,4H3. The number of benzene rings is 1. The van der Waals surface area contributed by atoms with Crippen molar-refractivity contribution >= 4 is 23.9 Å². The summed E-state index contributed by atoms with van der Waals surface area (Å²) in [5.41, 5.74) is 0.701. The Hall–Kier alpha value is -3.42. The van der Waals surface area contributed by atoms with E-state index < -0.39 is 23.9 Å². The number of ether oxygens (including phenoxy) is 4. The second kappa shape index (κ2) is 12.9. The molecule has 0 aliphatic carbocycles. The number of hydrogen-bond acceptors (Lipinski definition) is 8. The fourth-order valence-corrected chi connectivity index (χ4v) is 2.02. The molecular formula is C22H26O8. The van der Waals surface area contributed by atoms with Crippen molar-refractivity contribution < 1.29 is 38.1 Å². The lowest BCUT2D eigenvalue weighted by Gasteiger charge is -2.10. The molecule has 1 aromatic carbocycles. The summed E-state index contributed by atoms with van der Waals surface area (Å²) in [7, 11) is 0. The molecule has 0 bridgehead atoms. The molecule has 0 radical (unpaired) electrons. The van der Waals surface area contributed by atoms with Crippen LogP contribution < -0.4 is 0 Å². The molecule has 0 saturated carbocycles. The van der Waals surface area contributed by atoms with E-state index in [0.717, 1.165) is 0 Å². The summed E-state index contributed by atoms with van der Waals surface area (Å²) >= 11 is 0. The van der Waals surface area contributed by atoms with E-state index >= 15 is 0 Å². The van der Waals surface area contributed by atoms with E-state index in [2.05, 4.69) is 13.2 Å². The van der Waals surface area contributed by atoms with E-state index in [4.69, 9.17) is 18.9 Å². The van der Waals surface area contributed by atoms with Gasteiger partial charge in [0.15, 0.2) is 0 Å². The van der Waals surface area contributed by atoms with Gasteiger partial charge in [-0.1, -0.05) is 25.3 Å². The van der Waals surface area contributed by atoms with Gasteiger partial charge in [-0.15, -0.1) is 0 Å². The van der Waals surface area contributed by atoms with Gasteiger partial charge in [0.05, 0.1) is 37.6 Å². The average Bonchev–Trinajstić information content (AvgIpc) is 2.72. The SMILES string of the molecule is C=C(C)C(=O)OCCCOC(=O)c1ccccc1C(=O)OCCCOC(=O)C(=C)C. The normalized spacial score (nSPS) is 9.93. The lowest BCUT2D eigenvalue weighted by Crippen LogP contribution is -2.16. The minimum Gasteiger partial charge on any atom is -0.462 e. The predicted octanol–water partition coefficient (Wildman–Crippen LogP) is 3.02. The summed E-state index contributed by atoms with van der Waals surface area (Å²) in [6.07, 6.45) is 0.612. The molecule has 0 unspecified atom stereocenters. The maximum absolute atomic E-state index is 12.3. The number of esters is 4. The first-order valence-corrected chi connectivity index (χ1v) is 9.32. The molecule has 1 aromatic rings. The summed E-state index contributed by atoms with van der Waals surface area (Å²) < 4.78 is 20.1. The molecule has 0 heterocycles. The Morgan fingerprint density at radius 2 is 1.00 bits per heavy atom. The number of carbonyl (C=O) groups is 4. The van der Waals surface area contributed by atoms with Gasteiger partial charge < -0.3 is 18.9 Å². The summed E-state index contributed by atoms with van der Waals surface area (Å²) in [6.45, 7) is 10.2. The zero-order chi connectivity index (χ0) is 22.5. The van der Waals surface area contributed by atoms with Crippen molar-refractivity contribution in [2.45, 2.75) is 26.7 Å². The van der Waals surface area contributed by atoms with Gasteiger partial charge in [-0.3, -0.25) is 0 Å². The van der Waals surface area contributed by atoms with Crippen LogP contribution in [0.25, 0.3) is 0 Å². The third-order valence-electron chi connectivity index (χ3n) is 3.57. The highest BCUT2D eigenvalue weighted by Crippen LogP contribution is 2.12. The van der Waals surface area contributed by atoms with Crippen LogP contribution in [0.2, 0.25) is 0 Å². The lowest BCUT2D eigenvalue weighted by atomic mass is 10.1. The summed E-state index contributed by atoms with van der Waals surface area (Å²) in [6, 6.07) is 6.10. The molecule has 8 heteroatoms. The zero-order valence-electron chi connectivity index (χ0n) is 17.2. The Balaban J connectivity index is 2.46. The Morgan fingerprint density at radius 3 is 1.33 bits per heavy atom. The van der Waals surface area contributed by atoms with E-state index in [1.165, 1.54) is 26.0 Å². The van der Waals surface area contributed by atoms with Gasteiger partial charge in [-0.05, 0) is 26.0 Å². The van der Waals surface area contributed by atoms with Gasteiger partial charge in [0.1, 0.15) is 0 Å². The van der Waals surface area contributed by atoms with Crippen molar-refractivity contribution in [1.29, 1.82) is 0 Å². The Morgan fingerprint density at radius 1 is 0.667 bits per heavy atom. The van der Waals surface area contributed by atoms with Crippen LogP contribution in [0.15, 0.2) is 48.6 Å². The predicted molar refractivity (Wildman–Crippen MR) is 108 cm³/mol. The van der Waals surface area contributed by atoms with Crippen LogP contribution in [0, 0.1) is 0 Å². The van der Waals surface area contributed by atoms with Crippen molar-refractivity contribution in [3.8, 4) is 0 Å². The highest BCUT2D eigenvalue weighted by Gasteiger charge is 2.19. The van der Waals surface area contributed by atoms with E-state index in [1.54, 1.807) is 12.1 Å². The molecule has 0 aliphatic rings. The molecular weight excluding hydrogens is 392 g/mol. The van der Waals surface area contributed by atoms with Gasteiger partial charge in [-0.2, -0.15) is 0 Å². The molecule has 0 N–H and O–H groups in total. The maximum atomic E-state index is 12.3. The number of carbonyl (C=O) groups excluding carboxylic acids is 4. The first kappa shape index (κ1) is 24.6. The molecule has 0 fully saturated rings. The monoisotopic (exact) mass is 418 g/mol. The highest BCUT2D eigenvalue weighted by atomic mass is 16.6. The molecule has 30 heavy (non-hydrogen) atoms. The van der Waals surface area contributed by atoms with Crippen molar-refractivity contribution in [2.75, 3.05) is 26.4 Å². The first-order chi connectivity index (χ1) is 14.2. The van der Waals surface area contributed by atoms with Crippen molar-refractivity contribution in [3.63, 3.8) is 0 Å². The number of rotatable bonds is 12. The highest BCUT2D eigenvalue weighted by molar-refractivity contribution is 6.03. The van der Waals surface area contributed by atoms with Crippen LogP contribution in [0.3, 0.4) is 0 Å². The maximum Gasteiger partial charge on any atom is 0.339 e. The Labute approximate surface area is 175 Å². The summed E-state index contributed by atoms with van der Waals surface area (Å²) in [5, 5.41) is 0. The quantitative estimate of drug-likeness (QED) is 0.221. The molecule has 1 rings (SSSR count). The Bertz CT molecular complexity index is 742. The smallest absolute Gasteiger partial charge is 0.339 e. The Kier molecular flexibility index (Phi) is 10.6. The minimum atomic E-state index is -0.691. The van der Waals surface area contributed by atoms with Crippen molar-refractivity contribution in [2.24, 2.45) is 0 Å². The average molecular weight is 418 g/mol. The van der Waals surface area contributed by atoms with Crippen LogP contribution in [0.1, 0.15) is 47.4 Å². The van der Waals surface area contributed by atoms with E-state index in [9.17, 15) is 19.2 Å². The van der Waals surface area contributed by atoms with Gasteiger partial charge in [-0.25, -0.2) is 19.2 Å². The third-order valence-corrected chi connectivity index (χ3v) is 3.57. The van der Waals surface area contributed by atoms with Crippen LogP contribution in [-0.4, -0.2) is 50.3 Å². The van der Waals surface area contributed by atoms with Gasteiger partial charge in [0, 0.05) is 24.0 Å². The van der Waals surface area contributed by atoms with Gasteiger partial charge in [0.2, 0.25) is 0 Å². The number of hydrogen-bond donors (Lipinski definition) is 0. The zero-order valence-corrected chi connectivity index (χ0v) is 17.2.